The Morgan fingerprint density at radius 3 is 2.59 bits per heavy atom. The highest BCUT2D eigenvalue weighted by atomic mass is 35.5. The lowest BCUT2D eigenvalue weighted by molar-refractivity contribution is -0.133. The molecule has 1 N–H and O–H groups in total. The molecule has 0 aliphatic carbocycles. The van der Waals surface area contributed by atoms with Crippen LogP contribution in [0.3, 0.4) is 0 Å². The zero-order valence-corrected chi connectivity index (χ0v) is 15.1. The molecule has 0 aliphatic rings. The molecule has 0 atom stereocenters. The van der Waals surface area contributed by atoms with Crippen molar-refractivity contribution in [1.82, 2.24) is 10.2 Å². The molecule has 0 saturated heterocycles. The SMILES string of the molecule is CN(CC(=O)NC(C)(C)C)C(=O)CSCc1cccc(Cl)c1. The molecule has 0 aromatic heterocycles. The zero-order chi connectivity index (χ0) is 16.8. The Hall–Kier alpha value is -1.20. The fraction of sp³-hybridized carbons (Fsp3) is 0.500. The molecule has 0 fully saturated rings. The van der Waals surface area contributed by atoms with E-state index < -0.39 is 0 Å². The van der Waals surface area contributed by atoms with Gasteiger partial charge in [0, 0.05) is 23.4 Å². The molecule has 6 heteroatoms. The average Bonchev–Trinajstić information content (AvgIpc) is 2.36. The van der Waals surface area contributed by atoms with Gasteiger partial charge in [0.2, 0.25) is 11.8 Å². The van der Waals surface area contributed by atoms with Crippen molar-refractivity contribution < 1.29 is 9.59 Å². The summed E-state index contributed by atoms with van der Waals surface area (Å²) in [4.78, 5) is 25.2. The number of hydrogen-bond donors (Lipinski definition) is 1. The maximum absolute atomic E-state index is 12.0. The molecule has 4 nitrogen and oxygen atoms in total. The average molecular weight is 343 g/mol. The Balaban J connectivity index is 2.34. The fourth-order valence-corrected chi connectivity index (χ4v) is 2.88. The Kier molecular flexibility index (Phi) is 7.23. The summed E-state index contributed by atoms with van der Waals surface area (Å²) < 4.78 is 0. The largest absolute Gasteiger partial charge is 0.350 e. The first-order valence-corrected chi connectivity index (χ1v) is 8.58. The number of carbonyl (C=O) groups is 2. The lowest BCUT2D eigenvalue weighted by Gasteiger charge is -2.23. The van der Waals surface area contributed by atoms with Gasteiger partial charge in [-0.1, -0.05) is 23.7 Å². The van der Waals surface area contributed by atoms with Crippen LogP contribution in [0, 0.1) is 0 Å². The van der Waals surface area contributed by atoms with Gasteiger partial charge in [-0.25, -0.2) is 0 Å². The summed E-state index contributed by atoms with van der Waals surface area (Å²) in [5.41, 5.74) is 0.792. The van der Waals surface area contributed by atoms with E-state index in [2.05, 4.69) is 5.32 Å². The number of benzene rings is 1. The highest BCUT2D eigenvalue weighted by molar-refractivity contribution is 7.99. The molecular weight excluding hydrogens is 320 g/mol. The van der Waals surface area contributed by atoms with Gasteiger partial charge >= 0.3 is 0 Å². The van der Waals surface area contributed by atoms with Crippen molar-refractivity contribution >= 4 is 35.2 Å². The van der Waals surface area contributed by atoms with Gasteiger partial charge in [0.1, 0.15) is 0 Å². The van der Waals surface area contributed by atoms with Gasteiger partial charge in [0.25, 0.3) is 0 Å². The molecule has 1 aromatic carbocycles. The first-order chi connectivity index (χ1) is 10.2. The summed E-state index contributed by atoms with van der Waals surface area (Å²) >= 11 is 7.43. The summed E-state index contributed by atoms with van der Waals surface area (Å²) in [5.74, 6) is 0.847. The Bertz CT molecular complexity index is 529. The topological polar surface area (TPSA) is 49.4 Å². The van der Waals surface area contributed by atoms with Crippen molar-refractivity contribution in [2.75, 3.05) is 19.3 Å². The van der Waals surface area contributed by atoms with Gasteiger partial charge in [-0.05, 0) is 38.5 Å². The van der Waals surface area contributed by atoms with E-state index in [1.807, 2.05) is 45.0 Å². The van der Waals surface area contributed by atoms with Crippen molar-refractivity contribution in [1.29, 1.82) is 0 Å². The normalized spacial score (nSPS) is 11.1. The van der Waals surface area contributed by atoms with E-state index in [4.69, 9.17) is 11.6 Å². The van der Waals surface area contributed by atoms with E-state index in [9.17, 15) is 9.59 Å². The predicted octanol–water partition coefficient (Wildman–Crippen LogP) is 2.95. The number of hydrogen-bond acceptors (Lipinski definition) is 3. The molecule has 0 heterocycles. The van der Waals surface area contributed by atoms with Gasteiger partial charge < -0.3 is 10.2 Å². The Labute approximate surface area is 141 Å². The lowest BCUT2D eigenvalue weighted by Crippen LogP contribution is -2.46. The van der Waals surface area contributed by atoms with E-state index in [1.54, 1.807) is 7.05 Å². The second kappa shape index (κ2) is 8.44. The quantitative estimate of drug-likeness (QED) is 0.864. The van der Waals surface area contributed by atoms with Crippen LogP contribution in [0.2, 0.25) is 5.02 Å². The molecule has 2 amide bonds. The molecular formula is C16H23ClN2O2S. The van der Waals surface area contributed by atoms with Crippen LogP contribution in [0.25, 0.3) is 0 Å². The van der Waals surface area contributed by atoms with E-state index in [0.717, 1.165) is 5.56 Å². The van der Waals surface area contributed by atoms with Gasteiger partial charge in [0.05, 0.1) is 12.3 Å². The monoisotopic (exact) mass is 342 g/mol. The van der Waals surface area contributed by atoms with E-state index in [0.29, 0.717) is 16.5 Å². The van der Waals surface area contributed by atoms with E-state index >= 15 is 0 Å². The van der Waals surface area contributed by atoms with Gasteiger partial charge in [0.15, 0.2) is 0 Å². The summed E-state index contributed by atoms with van der Waals surface area (Å²) in [6.45, 7) is 5.81. The number of thioether (sulfide) groups is 1. The maximum Gasteiger partial charge on any atom is 0.240 e. The van der Waals surface area contributed by atoms with Gasteiger partial charge in [-0.3, -0.25) is 9.59 Å². The van der Waals surface area contributed by atoms with Crippen molar-refractivity contribution in [3.63, 3.8) is 0 Å². The van der Waals surface area contributed by atoms with Crippen LogP contribution >= 0.6 is 23.4 Å². The highest BCUT2D eigenvalue weighted by Crippen LogP contribution is 2.16. The molecule has 0 saturated carbocycles. The standard InChI is InChI=1S/C16H23ClN2O2S/c1-16(2,3)18-14(20)9-19(4)15(21)11-22-10-12-6-5-7-13(17)8-12/h5-8H,9-11H2,1-4H3,(H,18,20). The smallest absolute Gasteiger partial charge is 0.240 e. The van der Waals surface area contributed by atoms with Gasteiger partial charge in [-0.2, -0.15) is 0 Å². The maximum atomic E-state index is 12.0. The molecule has 0 radical (unpaired) electrons. The third-order valence-electron chi connectivity index (χ3n) is 2.70. The number of halogens is 1. The molecule has 0 unspecified atom stereocenters. The highest BCUT2D eigenvalue weighted by Gasteiger charge is 2.17. The minimum Gasteiger partial charge on any atom is -0.350 e. The third-order valence-corrected chi connectivity index (χ3v) is 3.93. The van der Waals surface area contributed by atoms with Crippen LogP contribution in [0.4, 0.5) is 0 Å². The molecule has 1 aromatic rings. The van der Waals surface area contributed by atoms with Crippen molar-refractivity contribution in [2.45, 2.75) is 32.1 Å². The second-order valence-corrected chi connectivity index (χ2v) is 7.59. The van der Waals surface area contributed by atoms with Crippen molar-refractivity contribution in [2.24, 2.45) is 0 Å². The van der Waals surface area contributed by atoms with Crippen molar-refractivity contribution in [3.05, 3.63) is 34.9 Å². The summed E-state index contributed by atoms with van der Waals surface area (Å²) in [6.07, 6.45) is 0. The molecule has 0 spiro atoms. The summed E-state index contributed by atoms with van der Waals surface area (Å²) in [6, 6.07) is 7.58. The van der Waals surface area contributed by atoms with E-state index in [-0.39, 0.29) is 23.9 Å². The van der Waals surface area contributed by atoms with Crippen LogP contribution in [-0.4, -0.2) is 41.6 Å². The van der Waals surface area contributed by atoms with Crippen LogP contribution in [0.1, 0.15) is 26.3 Å². The Morgan fingerprint density at radius 1 is 1.32 bits per heavy atom. The van der Waals surface area contributed by atoms with Crippen molar-refractivity contribution in [3.8, 4) is 0 Å². The molecule has 1 rings (SSSR count). The zero-order valence-electron chi connectivity index (χ0n) is 13.5. The molecule has 122 valence electrons. The number of carbonyl (C=O) groups excluding carboxylic acids is 2. The second-order valence-electron chi connectivity index (χ2n) is 6.17. The summed E-state index contributed by atoms with van der Waals surface area (Å²) in [5, 5.41) is 3.53. The first-order valence-electron chi connectivity index (χ1n) is 7.04. The summed E-state index contributed by atoms with van der Waals surface area (Å²) in [7, 11) is 1.64. The number of amides is 2. The number of nitrogens with zero attached hydrogens (tertiary/aromatic N) is 1. The minimum atomic E-state index is -0.289. The molecule has 22 heavy (non-hydrogen) atoms. The Morgan fingerprint density at radius 2 is 2.00 bits per heavy atom. The number of nitrogens with one attached hydrogen (secondary N) is 1. The van der Waals surface area contributed by atoms with Crippen LogP contribution in [0.5, 0.6) is 0 Å². The van der Waals surface area contributed by atoms with E-state index in [1.165, 1.54) is 16.7 Å². The van der Waals surface area contributed by atoms with Gasteiger partial charge in [-0.15, -0.1) is 11.8 Å². The fourth-order valence-electron chi connectivity index (χ4n) is 1.75. The predicted molar refractivity (Wildman–Crippen MR) is 93.1 cm³/mol. The molecule has 0 bridgehead atoms. The minimum absolute atomic E-state index is 0.0592. The number of likely N-dealkylation sites (N-methyl/N-ethyl adjacent to an activating group) is 1. The number of rotatable bonds is 6. The van der Waals surface area contributed by atoms with Crippen LogP contribution in [-0.2, 0) is 15.3 Å². The molecule has 0 aliphatic heterocycles. The lowest BCUT2D eigenvalue weighted by atomic mass is 10.1. The van der Waals surface area contributed by atoms with Crippen LogP contribution in [0.15, 0.2) is 24.3 Å². The first kappa shape index (κ1) is 18.8. The van der Waals surface area contributed by atoms with Crippen LogP contribution < -0.4 is 5.32 Å². The third kappa shape index (κ3) is 7.71.